The lowest BCUT2D eigenvalue weighted by molar-refractivity contribution is -0.275. The van der Waals surface area contributed by atoms with Crippen molar-refractivity contribution in [1.29, 1.82) is 0 Å². The standard InChI is InChI=1S/C25H26F4O/c1-2-16-3-5-17(6-4-16)18-7-9-19(10-8-18)20-11-12-21-15-24(30-25(27,28)29)23(26)14-22(21)13-20/h2,7-10,14-17,20H,1,3-6,11-13H2. The lowest BCUT2D eigenvalue weighted by Gasteiger charge is -2.28. The molecule has 2 aliphatic rings. The maximum Gasteiger partial charge on any atom is 0.573 e. The van der Waals surface area contributed by atoms with Crippen LogP contribution in [0, 0.1) is 11.7 Å². The molecule has 0 heterocycles. The predicted molar refractivity (Wildman–Crippen MR) is 109 cm³/mol. The van der Waals surface area contributed by atoms with Gasteiger partial charge >= 0.3 is 6.36 Å². The smallest absolute Gasteiger partial charge is 0.403 e. The number of allylic oxidation sites excluding steroid dienone is 1. The van der Waals surface area contributed by atoms with Crippen molar-refractivity contribution >= 4 is 0 Å². The highest BCUT2D eigenvalue weighted by atomic mass is 19.4. The summed E-state index contributed by atoms with van der Waals surface area (Å²) in [4.78, 5) is 0. The summed E-state index contributed by atoms with van der Waals surface area (Å²) in [6.45, 7) is 3.91. The van der Waals surface area contributed by atoms with Crippen molar-refractivity contribution in [2.45, 2.75) is 63.1 Å². The first kappa shape index (κ1) is 21.0. The molecule has 0 aliphatic heterocycles. The Balaban J connectivity index is 1.44. The molecular formula is C25H26F4O. The molecule has 2 aromatic rings. The molecule has 0 amide bonds. The Kier molecular flexibility index (Phi) is 5.90. The van der Waals surface area contributed by atoms with Crippen molar-refractivity contribution in [3.63, 3.8) is 0 Å². The monoisotopic (exact) mass is 418 g/mol. The molecule has 0 spiro atoms. The molecule has 30 heavy (non-hydrogen) atoms. The summed E-state index contributed by atoms with van der Waals surface area (Å²) < 4.78 is 55.3. The van der Waals surface area contributed by atoms with Gasteiger partial charge in [-0.2, -0.15) is 0 Å². The molecule has 5 heteroatoms. The van der Waals surface area contributed by atoms with Crippen molar-refractivity contribution in [3.05, 3.63) is 77.1 Å². The van der Waals surface area contributed by atoms with Crippen LogP contribution < -0.4 is 4.74 Å². The number of aryl methyl sites for hydroxylation is 1. The van der Waals surface area contributed by atoms with Crippen molar-refractivity contribution in [3.8, 4) is 5.75 Å². The second-order valence-electron chi connectivity index (χ2n) is 8.55. The maximum absolute atomic E-state index is 14.1. The van der Waals surface area contributed by atoms with E-state index in [1.165, 1.54) is 48.9 Å². The van der Waals surface area contributed by atoms with E-state index >= 15 is 0 Å². The molecule has 0 N–H and O–H groups in total. The summed E-state index contributed by atoms with van der Waals surface area (Å²) >= 11 is 0. The minimum absolute atomic E-state index is 0.247. The summed E-state index contributed by atoms with van der Waals surface area (Å²) in [6.07, 6.45) is 4.02. The zero-order chi connectivity index (χ0) is 21.3. The van der Waals surface area contributed by atoms with Crippen LogP contribution in [0.3, 0.4) is 0 Å². The van der Waals surface area contributed by atoms with Crippen LogP contribution in [-0.2, 0) is 12.8 Å². The van der Waals surface area contributed by atoms with Crippen molar-refractivity contribution in [2.75, 3.05) is 0 Å². The largest absolute Gasteiger partial charge is 0.573 e. The number of alkyl halides is 3. The average Bonchev–Trinajstić information content (AvgIpc) is 2.73. The Hall–Kier alpha value is -2.30. The highest BCUT2D eigenvalue weighted by molar-refractivity contribution is 5.41. The molecule has 2 aromatic carbocycles. The van der Waals surface area contributed by atoms with Crippen molar-refractivity contribution in [1.82, 2.24) is 0 Å². The van der Waals surface area contributed by atoms with Gasteiger partial charge < -0.3 is 4.74 Å². The molecule has 1 unspecified atom stereocenters. The van der Waals surface area contributed by atoms with Crippen LogP contribution >= 0.6 is 0 Å². The maximum atomic E-state index is 14.1. The van der Waals surface area contributed by atoms with Crippen LogP contribution in [0.2, 0.25) is 0 Å². The zero-order valence-corrected chi connectivity index (χ0v) is 16.9. The lowest BCUT2D eigenvalue weighted by atomic mass is 9.77. The van der Waals surface area contributed by atoms with E-state index < -0.39 is 17.9 Å². The first-order valence-electron chi connectivity index (χ1n) is 10.6. The SMILES string of the molecule is C=CC1CCC(c2ccc(C3CCc4cc(OC(F)(F)F)c(F)cc4C3)cc2)CC1. The molecule has 1 nitrogen and oxygen atoms in total. The summed E-state index contributed by atoms with van der Waals surface area (Å²) in [6, 6.07) is 11.2. The topological polar surface area (TPSA) is 9.23 Å². The van der Waals surface area contributed by atoms with E-state index in [4.69, 9.17) is 0 Å². The molecule has 1 atom stereocenters. The Bertz CT molecular complexity index is 893. The summed E-state index contributed by atoms with van der Waals surface area (Å²) in [7, 11) is 0. The minimum atomic E-state index is -4.89. The number of halogens is 4. The van der Waals surface area contributed by atoms with Gasteiger partial charge in [-0.1, -0.05) is 30.3 Å². The zero-order valence-electron chi connectivity index (χ0n) is 16.9. The van der Waals surface area contributed by atoms with E-state index in [0.29, 0.717) is 24.7 Å². The van der Waals surface area contributed by atoms with E-state index in [-0.39, 0.29) is 5.92 Å². The van der Waals surface area contributed by atoms with Crippen LogP contribution in [0.25, 0.3) is 0 Å². The van der Waals surface area contributed by atoms with Crippen LogP contribution in [0.1, 0.15) is 66.2 Å². The van der Waals surface area contributed by atoms with Gasteiger partial charge in [-0.3, -0.25) is 0 Å². The fraction of sp³-hybridized carbons (Fsp3) is 0.440. The number of ether oxygens (including phenoxy) is 1. The van der Waals surface area contributed by atoms with Crippen molar-refractivity contribution < 1.29 is 22.3 Å². The lowest BCUT2D eigenvalue weighted by Crippen LogP contribution is -2.19. The third-order valence-corrected chi connectivity index (χ3v) is 6.69. The van der Waals surface area contributed by atoms with Crippen molar-refractivity contribution in [2.24, 2.45) is 5.92 Å². The molecule has 0 aromatic heterocycles. The molecule has 1 fully saturated rings. The van der Waals surface area contributed by atoms with E-state index in [2.05, 4.69) is 41.7 Å². The van der Waals surface area contributed by atoms with E-state index in [0.717, 1.165) is 17.5 Å². The number of hydrogen-bond acceptors (Lipinski definition) is 1. The molecule has 0 saturated heterocycles. The fourth-order valence-corrected chi connectivity index (χ4v) is 4.97. The van der Waals surface area contributed by atoms with E-state index in [1.54, 1.807) is 0 Å². The van der Waals surface area contributed by atoms with E-state index in [9.17, 15) is 17.6 Å². The Morgan fingerprint density at radius 1 is 0.867 bits per heavy atom. The second-order valence-corrected chi connectivity index (χ2v) is 8.55. The quantitative estimate of drug-likeness (QED) is 0.370. The molecule has 0 bridgehead atoms. The van der Waals surface area contributed by atoms with Gasteiger partial charge in [0.15, 0.2) is 11.6 Å². The van der Waals surface area contributed by atoms with Gasteiger partial charge in [-0.15, -0.1) is 19.8 Å². The summed E-state index contributed by atoms with van der Waals surface area (Å²) in [5, 5.41) is 0. The number of fused-ring (bicyclic) bond motifs is 1. The predicted octanol–water partition coefficient (Wildman–Crippen LogP) is 7.46. The van der Waals surface area contributed by atoms with Crippen LogP contribution in [0.15, 0.2) is 49.1 Å². The molecule has 1 saturated carbocycles. The Morgan fingerprint density at radius 3 is 2.10 bits per heavy atom. The van der Waals surface area contributed by atoms with Crippen LogP contribution in [-0.4, -0.2) is 6.36 Å². The Labute approximate surface area is 174 Å². The number of rotatable bonds is 4. The Morgan fingerprint density at radius 2 is 1.50 bits per heavy atom. The number of hydrogen-bond donors (Lipinski definition) is 0. The third kappa shape index (κ3) is 4.71. The highest BCUT2D eigenvalue weighted by Gasteiger charge is 2.33. The van der Waals surface area contributed by atoms with Gasteiger partial charge in [0.25, 0.3) is 0 Å². The average molecular weight is 418 g/mol. The van der Waals surface area contributed by atoms with E-state index in [1.807, 2.05) is 0 Å². The molecule has 4 rings (SSSR count). The first-order chi connectivity index (χ1) is 14.3. The summed E-state index contributed by atoms with van der Waals surface area (Å²) in [5.41, 5.74) is 4.09. The second kappa shape index (κ2) is 8.44. The van der Waals surface area contributed by atoms with Gasteiger partial charge in [0.05, 0.1) is 0 Å². The highest BCUT2D eigenvalue weighted by Crippen LogP contribution is 2.39. The molecule has 0 radical (unpaired) electrons. The number of benzene rings is 2. The first-order valence-corrected chi connectivity index (χ1v) is 10.6. The fourth-order valence-electron chi connectivity index (χ4n) is 4.97. The summed E-state index contributed by atoms with van der Waals surface area (Å²) in [5.74, 6) is -0.210. The molecule has 2 aliphatic carbocycles. The van der Waals surface area contributed by atoms with Gasteiger partial charge in [0, 0.05) is 0 Å². The van der Waals surface area contributed by atoms with Gasteiger partial charge in [0.2, 0.25) is 0 Å². The van der Waals surface area contributed by atoms with Crippen LogP contribution in [0.4, 0.5) is 17.6 Å². The molecular weight excluding hydrogens is 392 g/mol. The van der Waals surface area contributed by atoms with Gasteiger partial charge in [-0.25, -0.2) is 4.39 Å². The normalized spacial score (nSPS) is 24.2. The third-order valence-electron chi connectivity index (χ3n) is 6.69. The van der Waals surface area contributed by atoms with Gasteiger partial charge in [0.1, 0.15) is 0 Å². The minimum Gasteiger partial charge on any atom is -0.403 e. The van der Waals surface area contributed by atoms with Gasteiger partial charge in [-0.05, 0) is 97.1 Å². The van der Waals surface area contributed by atoms with Crippen LogP contribution in [0.5, 0.6) is 5.75 Å². The molecule has 160 valence electrons.